The molecule has 1 aromatic heterocycles. The van der Waals surface area contributed by atoms with E-state index in [1.807, 2.05) is 0 Å². The average Bonchev–Trinajstić information content (AvgIpc) is 2.85. The molecule has 0 unspecified atom stereocenters. The summed E-state index contributed by atoms with van der Waals surface area (Å²) in [7, 11) is 0. The fourth-order valence-corrected chi connectivity index (χ4v) is 2.64. The van der Waals surface area contributed by atoms with Gasteiger partial charge in [-0.05, 0) is 22.8 Å². The molecule has 0 aliphatic carbocycles. The SMILES string of the molecule is Clc1cnc(NCc2ccc3c(c2)CNC3)c(Cl)c1. The van der Waals surface area contributed by atoms with Crippen LogP contribution < -0.4 is 10.6 Å². The Labute approximate surface area is 122 Å². The smallest absolute Gasteiger partial charge is 0.145 e. The Balaban J connectivity index is 1.72. The van der Waals surface area contributed by atoms with Crippen molar-refractivity contribution in [3.05, 3.63) is 57.2 Å². The molecular weight excluding hydrogens is 281 g/mol. The van der Waals surface area contributed by atoms with Gasteiger partial charge in [0.1, 0.15) is 5.82 Å². The first kappa shape index (κ1) is 12.7. The molecule has 0 amide bonds. The Bertz CT molecular complexity index is 614. The van der Waals surface area contributed by atoms with Crippen molar-refractivity contribution >= 4 is 29.0 Å². The Morgan fingerprint density at radius 1 is 1.16 bits per heavy atom. The predicted octanol–water partition coefficient (Wildman–Crippen LogP) is 3.60. The molecule has 2 aromatic rings. The quantitative estimate of drug-likeness (QED) is 0.908. The molecule has 3 rings (SSSR count). The second kappa shape index (κ2) is 5.37. The van der Waals surface area contributed by atoms with Crippen LogP contribution in [0.1, 0.15) is 16.7 Å². The number of fused-ring (bicyclic) bond motifs is 1. The molecule has 3 nitrogen and oxygen atoms in total. The van der Waals surface area contributed by atoms with Crippen molar-refractivity contribution in [3.8, 4) is 0 Å². The number of benzene rings is 1. The fourth-order valence-electron chi connectivity index (χ4n) is 2.19. The van der Waals surface area contributed by atoms with E-state index in [9.17, 15) is 0 Å². The number of rotatable bonds is 3. The zero-order valence-electron chi connectivity index (χ0n) is 10.2. The van der Waals surface area contributed by atoms with Crippen LogP contribution in [0.3, 0.4) is 0 Å². The highest BCUT2D eigenvalue weighted by Crippen LogP contribution is 2.23. The van der Waals surface area contributed by atoms with Gasteiger partial charge < -0.3 is 10.6 Å². The molecule has 2 N–H and O–H groups in total. The van der Waals surface area contributed by atoms with E-state index in [0.29, 0.717) is 22.4 Å². The van der Waals surface area contributed by atoms with Crippen LogP contribution in [0.25, 0.3) is 0 Å². The number of anilines is 1. The van der Waals surface area contributed by atoms with Crippen LogP contribution >= 0.6 is 23.2 Å². The zero-order chi connectivity index (χ0) is 13.2. The summed E-state index contributed by atoms with van der Waals surface area (Å²) in [5.74, 6) is 0.657. The van der Waals surface area contributed by atoms with Crippen molar-refractivity contribution in [2.24, 2.45) is 0 Å². The summed E-state index contributed by atoms with van der Waals surface area (Å²) in [5.41, 5.74) is 3.97. The largest absolute Gasteiger partial charge is 0.365 e. The van der Waals surface area contributed by atoms with E-state index in [1.165, 1.54) is 16.7 Å². The third-order valence-corrected chi connectivity index (χ3v) is 3.66. The minimum absolute atomic E-state index is 0.537. The van der Waals surface area contributed by atoms with Crippen LogP contribution in [0.2, 0.25) is 10.0 Å². The van der Waals surface area contributed by atoms with Crippen molar-refractivity contribution in [1.82, 2.24) is 10.3 Å². The first-order valence-corrected chi connectivity index (χ1v) is 6.84. The van der Waals surface area contributed by atoms with Gasteiger partial charge in [-0.25, -0.2) is 4.98 Å². The normalized spacial score (nSPS) is 13.4. The number of pyridine rings is 1. The average molecular weight is 294 g/mol. The Kier molecular flexibility index (Phi) is 3.60. The van der Waals surface area contributed by atoms with Crippen LogP contribution in [0, 0.1) is 0 Å². The third-order valence-electron chi connectivity index (χ3n) is 3.17. The minimum atomic E-state index is 0.537. The molecule has 1 aliphatic rings. The highest BCUT2D eigenvalue weighted by atomic mass is 35.5. The Morgan fingerprint density at radius 3 is 2.84 bits per heavy atom. The zero-order valence-corrected chi connectivity index (χ0v) is 11.7. The van der Waals surface area contributed by atoms with Gasteiger partial charge in [-0.1, -0.05) is 41.4 Å². The second-order valence-corrected chi connectivity index (χ2v) is 5.39. The standard InChI is InChI=1S/C14H13Cl2N3/c15-12-4-13(16)14(19-8-12)18-5-9-1-2-10-6-17-7-11(10)3-9/h1-4,8,17H,5-7H2,(H,18,19). The van der Waals surface area contributed by atoms with Crippen molar-refractivity contribution in [2.75, 3.05) is 5.32 Å². The van der Waals surface area contributed by atoms with Crippen molar-refractivity contribution in [2.45, 2.75) is 19.6 Å². The van der Waals surface area contributed by atoms with Crippen LogP contribution in [-0.4, -0.2) is 4.98 Å². The molecular formula is C14H13Cl2N3. The van der Waals surface area contributed by atoms with E-state index in [-0.39, 0.29) is 0 Å². The van der Waals surface area contributed by atoms with E-state index in [2.05, 4.69) is 33.8 Å². The molecule has 0 atom stereocenters. The first-order chi connectivity index (χ1) is 9.22. The fraction of sp³-hybridized carbons (Fsp3) is 0.214. The topological polar surface area (TPSA) is 37.0 Å². The molecule has 0 radical (unpaired) electrons. The monoisotopic (exact) mass is 293 g/mol. The lowest BCUT2D eigenvalue weighted by Crippen LogP contribution is -2.02. The molecule has 0 saturated heterocycles. The summed E-state index contributed by atoms with van der Waals surface area (Å²) < 4.78 is 0. The Hall–Kier alpha value is -1.29. The Morgan fingerprint density at radius 2 is 2.00 bits per heavy atom. The predicted molar refractivity (Wildman–Crippen MR) is 78.6 cm³/mol. The van der Waals surface area contributed by atoms with Gasteiger partial charge in [0, 0.05) is 25.8 Å². The van der Waals surface area contributed by atoms with Gasteiger partial charge in [-0.15, -0.1) is 0 Å². The van der Waals surface area contributed by atoms with Crippen molar-refractivity contribution in [3.63, 3.8) is 0 Å². The number of nitrogens with one attached hydrogen (secondary N) is 2. The van der Waals surface area contributed by atoms with E-state index >= 15 is 0 Å². The number of aromatic nitrogens is 1. The summed E-state index contributed by atoms with van der Waals surface area (Å²) in [6, 6.07) is 8.20. The maximum Gasteiger partial charge on any atom is 0.145 e. The van der Waals surface area contributed by atoms with Gasteiger partial charge in [-0.2, -0.15) is 0 Å². The van der Waals surface area contributed by atoms with Crippen molar-refractivity contribution < 1.29 is 0 Å². The van der Waals surface area contributed by atoms with Gasteiger partial charge in [-0.3, -0.25) is 0 Å². The maximum absolute atomic E-state index is 6.07. The minimum Gasteiger partial charge on any atom is -0.365 e. The van der Waals surface area contributed by atoms with Gasteiger partial charge in [0.15, 0.2) is 0 Å². The van der Waals surface area contributed by atoms with Crippen LogP contribution in [0.15, 0.2) is 30.5 Å². The highest BCUT2D eigenvalue weighted by molar-refractivity contribution is 6.35. The molecule has 2 heterocycles. The molecule has 1 aromatic carbocycles. The summed E-state index contributed by atoms with van der Waals surface area (Å²) >= 11 is 11.9. The number of nitrogens with zero attached hydrogens (tertiary/aromatic N) is 1. The van der Waals surface area contributed by atoms with E-state index in [0.717, 1.165) is 13.1 Å². The molecule has 0 saturated carbocycles. The molecule has 5 heteroatoms. The van der Waals surface area contributed by atoms with E-state index < -0.39 is 0 Å². The van der Waals surface area contributed by atoms with E-state index in [4.69, 9.17) is 23.2 Å². The maximum atomic E-state index is 6.07. The van der Waals surface area contributed by atoms with Crippen LogP contribution in [0.5, 0.6) is 0 Å². The van der Waals surface area contributed by atoms with Crippen LogP contribution in [-0.2, 0) is 19.6 Å². The van der Waals surface area contributed by atoms with Gasteiger partial charge in [0.2, 0.25) is 0 Å². The third kappa shape index (κ3) is 2.84. The van der Waals surface area contributed by atoms with Gasteiger partial charge in [0.05, 0.1) is 10.0 Å². The summed E-state index contributed by atoms with van der Waals surface area (Å²) in [6.07, 6.45) is 1.59. The molecule has 98 valence electrons. The second-order valence-electron chi connectivity index (χ2n) is 4.54. The van der Waals surface area contributed by atoms with Crippen molar-refractivity contribution in [1.29, 1.82) is 0 Å². The van der Waals surface area contributed by atoms with Gasteiger partial charge >= 0.3 is 0 Å². The molecule has 19 heavy (non-hydrogen) atoms. The van der Waals surface area contributed by atoms with Gasteiger partial charge in [0.25, 0.3) is 0 Å². The summed E-state index contributed by atoms with van der Waals surface area (Å²) in [4.78, 5) is 4.18. The number of hydrogen-bond donors (Lipinski definition) is 2. The number of halogens is 2. The van der Waals surface area contributed by atoms with Crippen LogP contribution in [0.4, 0.5) is 5.82 Å². The molecule has 1 aliphatic heterocycles. The number of hydrogen-bond acceptors (Lipinski definition) is 3. The summed E-state index contributed by atoms with van der Waals surface area (Å²) in [6.45, 7) is 2.61. The molecule has 0 spiro atoms. The highest BCUT2D eigenvalue weighted by Gasteiger charge is 2.10. The molecule has 0 bridgehead atoms. The first-order valence-electron chi connectivity index (χ1n) is 6.09. The lowest BCUT2D eigenvalue weighted by atomic mass is 10.1. The lowest BCUT2D eigenvalue weighted by Gasteiger charge is -2.09. The summed E-state index contributed by atoms with van der Waals surface area (Å²) in [5, 5.41) is 7.64. The van der Waals surface area contributed by atoms with E-state index in [1.54, 1.807) is 12.3 Å². The molecule has 0 fully saturated rings. The lowest BCUT2D eigenvalue weighted by molar-refractivity contribution is 0.764.